The van der Waals surface area contributed by atoms with Crippen molar-refractivity contribution in [3.63, 3.8) is 0 Å². The second-order valence-corrected chi connectivity index (χ2v) is 4.23. The van der Waals surface area contributed by atoms with Crippen LogP contribution in [-0.2, 0) is 6.42 Å². The molecule has 0 aliphatic carbocycles. The van der Waals surface area contributed by atoms with Crippen molar-refractivity contribution in [3.05, 3.63) is 29.6 Å². The van der Waals surface area contributed by atoms with Gasteiger partial charge >= 0.3 is 0 Å². The van der Waals surface area contributed by atoms with Crippen molar-refractivity contribution in [3.8, 4) is 0 Å². The monoisotopic (exact) mass is 205 g/mol. The van der Waals surface area contributed by atoms with E-state index in [0.717, 1.165) is 19.5 Å². The van der Waals surface area contributed by atoms with E-state index in [2.05, 4.69) is 22.9 Å². The molecule has 1 aliphatic heterocycles. The normalized spacial score (nSPS) is 21.3. The van der Waals surface area contributed by atoms with Crippen molar-refractivity contribution in [2.24, 2.45) is 5.73 Å². The van der Waals surface area contributed by atoms with Crippen LogP contribution >= 0.6 is 0 Å². The van der Waals surface area contributed by atoms with Crippen LogP contribution in [0.4, 0.5) is 0 Å². The molecule has 1 aromatic rings. The van der Waals surface area contributed by atoms with E-state index in [-0.39, 0.29) is 0 Å². The Morgan fingerprint density at radius 2 is 2.47 bits per heavy atom. The van der Waals surface area contributed by atoms with Gasteiger partial charge in [0.15, 0.2) is 0 Å². The molecule has 1 atom stereocenters. The summed E-state index contributed by atoms with van der Waals surface area (Å²) in [5.74, 6) is 0. The lowest BCUT2D eigenvalue weighted by molar-refractivity contribution is 0.0982. The summed E-state index contributed by atoms with van der Waals surface area (Å²) < 4.78 is 0. The predicted octanol–water partition coefficient (Wildman–Crippen LogP) is 0.966. The number of aryl methyl sites for hydroxylation is 1. The van der Waals surface area contributed by atoms with Gasteiger partial charge < -0.3 is 5.73 Å². The van der Waals surface area contributed by atoms with Gasteiger partial charge in [0.1, 0.15) is 0 Å². The number of likely N-dealkylation sites (tertiary alicyclic amines) is 1. The van der Waals surface area contributed by atoms with Gasteiger partial charge in [0.05, 0.1) is 0 Å². The summed E-state index contributed by atoms with van der Waals surface area (Å²) >= 11 is 0. The molecule has 1 aromatic heterocycles. The molecule has 0 spiro atoms. The molecule has 3 heteroatoms. The maximum Gasteiger partial charge on any atom is 0.0445 e. The van der Waals surface area contributed by atoms with Crippen molar-refractivity contribution in [1.82, 2.24) is 9.88 Å². The molecular formula is C12H19N3. The average Bonchev–Trinajstić information content (AvgIpc) is 2.20. The van der Waals surface area contributed by atoms with Crippen LogP contribution in [0.2, 0.25) is 0 Å². The molecule has 0 saturated carbocycles. The zero-order valence-electron chi connectivity index (χ0n) is 9.32. The van der Waals surface area contributed by atoms with E-state index in [1.165, 1.54) is 24.2 Å². The van der Waals surface area contributed by atoms with E-state index in [0.29, 0.717) is 6.04 Å². The molecule has 1 fully saturated rings. The summed E-state index contributed by atoms with van der Waals surface area (Å²) in [4.78, 5) is 6.85. The van der Waals surface area contributed by atoms with Gasteiger partial charge in [-0.3, -0.25) is 9.88 Å². The van der Waals surface area contributed by atoms with Gasteiger partial charge in [-0.2, -0.15) is 0 Å². The van der Waals surface area contributed by atoms with Crippen LogP contribution in [0.25, 0.3) is 0 Å². The van der Waals surface area contributed by atoms with E-state index >= 15 is 0 Å². The van der Waals surface area contributed by atoms with Crippen molar-refractivity contribution in [2.45, 2.75) is 25.8 Å². The zero-order chi connectivity index (χ0) is 10.7. The first-order chi connectivity index (χ1) is 7.31. The molecule has 82 valence electrons. The molecule has 0 aromatic carbocycles. The molecule has 1 aliphatic rings. The van der Waals surface area contributed by atoms with Gasteiger partial charge in [-0.05, 0) is 25.0 Å². The molecule has 0 radical (unpaired) electrons. The lowest BCUT2D eigenvalue weighted by Gasteiger charge is -2.40. The summed E-state index contributed by atoms with van der Waals surface area (Å²) in [6.07, 6.45) is 4.18. The average molecular weight is 205 g/mol. The highest BCUT2D eigenvalue weighted by Gasteiger charge is 2.25. The number of hydrogen-bond acceptors (Lipinski definition) is 3. The maximum absolute atomic E-state index is 5.67. The van der Waals surface area contributed by atoms with Gasteiger partial charge in [-0.25, -0.2) is 0 Å². The first-order valence-electron chi connectivity index (χ1n) is 5.66. The van der Waals surface area contributed by atoms with E-state index < -0.39 is 0 Å². The fourth-order valence-corrected chi connectivity index (χ4v) is 2.09. The third kappa shape index (κ3) is 2.36. The lowest BCUT2D eigenvalue weighted by atomic mass is 10.0. The highest BCUT2D eigenvalue weighted by Crippen LogP contribution is 2.16. The van der Waals surface area contributed by atoms with Crippen LogP contribution in [0.3, 0.4) is 0 Å². The van der Waals surface area contributed by atoms with Crippen LogP contribution in [0.1, 0.15) is 17.7 Å². The third-order valence-electron chi connectivity index (χ3n) is 3.29. The molecule has 2 heterocycles. The Balaban J connectivity index is 1.86. The smallest absolute Gasteiger partial charge is 0.0445 e. The molecule has 15 heavy (non-hydrogen) atoms. The molecule has 0 amide bonds. The van der Waals surface area contributed by atoms with Crippen molar-refractivity contribution < 1.29 is 0 Å². The lowest BCUT2D eigenvalue weighted by Crippen LogP contribution is -2.52. The Bertz CT molecular complexity index is 322. The number of rotatable bonds is 4. The van der Waals surface area contributed by atoms with Gasteiger partial charge in [-0.1, -0.05) is 6.07 Å². The van der Waals surface area contributed by atoms with E-state index in [1.807, 2.05) is 12.3 Å². The highest BCUT2D eigenvalue weighted by atomic mass is 15.2. The largest absolute Gasteiger partial charge is 0.329 e. The SMILES string of the molecule is Cc1cccnc1CCN1CCC1CN. The Labute approximate surface area is 91.3 Å². The summed E-state index contributed by atoms with van der Waals surface area (Å²) in [5, 5.41) is 0. The van der Waals surface area contributed by atoms with E-state index in [1.54, 1.807) is 0 Å². The van der Waals surface area contributed by atoms with Crippen LogP contribution in [0, 0.1) is 6.92 Å². The molecule has 3 nitrogen and oxygen atoms in total. The Kier molecular flexibility index (Phi) is 3.34. The first-order valence-corrected chi connectivity index (χ1v) is 5.66. The zero-order valence-corrected chi connectivity index (χ0v) is 9.32. The maximum atomic E-state index is 5.67. The van der Waals surface area contributed by atoms with Crippen LogP contribution in [0.15, 0.2) is 18.3 Å². The van der Waals surface area contributed by atoms with Crippen molar-refractivity contribution in [1.29, 1.82) is 0 Å². The minimum atomic E-state index is 0.619. The van der Waals surface area contributed by atoms with Gasteiger partial charge in [0.2, 0.25) is 0 Å². The summed E-state index contributed by atoms with van der Waals surface area (Å²) in [5.41, 5.74) is 8.18. The molecule has 2 N–H and O–H groups in total. The fraction of sp³-hybridized carbons (Fsp3) is 0.583. The Morgan fingerprint density at radius 3 is 3.07 bits per heavy atom. The molecule has 0 bridgehead atoms. The fourth-order valence-electron chi connectivity index (χ4n) is 2.09. The van der Waals surface area contributed by atoms with Crippen molar-refractivity contribution >= 4 is 0 Å². The Morgan fingerprint density at radius 1 is 1.60 bits per heavy atom. The number of nitrogens with zero attached hydrogens (tertiary/aromatic N) is 2. The standard InChI is InChI=1S/C12H19N3/c1-10-3-2-6-14-12(10)5-8-15-7-4-11(15)9-13/h2-3,6,11H,4-5,7-9,13H2,1H3. The Hall–Kier alpha value is -0.930. The highest BCUT2D eigenvalue weighted by molar-refractivity contribution is 5.17. The molecule has 1 saturated heterocycles. The summed E-state index contributed by atoms with van der Waals surface area (Å²) in [6, 6.07) is 4.73. The van der Waals surface area contributed by atoms with Crippen LogP contribution < -0.4 is 5.73 Å². The molecule has 1 unspecified atom stereocenters. The van der Waals surface area contributed by atoms with Gasteiger partial charge in [0, 0.05) is 44.0 Å². The van der Waals surface area contributed by atoms with Crippen LogP contribution in [-0.4, -0.2) is 35.6 Å². The molecule has 2 rings (SSSR count). The number of hydrogen-bond donors (Lipinski definition) is 1. The quantitative estimate of drug-likeness (QED) is 0.796. The summed E-state index contributed by atoms with van der Waals surface area (Å²) in [6.45, 7) is 5.22. The van der Waals surface area contributed by atoms with Gasteiger partial charge in [-0.15, -0.1) is 0 Å². The minimum Gasteiger partial charge on any atom is -0.329 e. The third-order valence-corrected chi connectivity index (χ3v) is 3.29. The number of nitrogens with two attached hydrogens (primary N) is 1. The van der Waals surface area contributed by atoms with E-state index in [9.17, 15) is 0 Å². The topological polar surface area (TPSA) is 42.2 Å². The van der Waals surface area contributed by atoms with Crippen LogP contribution in [0.5, 0.6) is 0 Å². The summed E-state index contributed by atoms with van der Waals surface area (Å²) in [7, 11) is 0. The predicted molar refractivity (Wildman–Crippen MR) is 61.7 cm³/mol. The second kappa shape index (κ2) is 4.73. The minimum absolute atomic E-state index is 0.619. The molecular weight excluding hydrogens is 186 g/mol. The van der Waals surface area contributed by atoms with Crippen molar-refractivity contribution in [2.75, 3.05) is 19.6 Å². The van der Waals surface area contributed by atoms with E-state index in [4.69, 9.17) is 5.73 Å². The second-order valence-electron chi connectivity index (χ2n) is 4.23. The van der Waals surface area contributed by atoms with Gasteiger partial charge in [0.25, 0.3) is 0 Å². The first kappa shape index (κ1) is 10.6. The number of aromatic nitrogens is 1. The number of pyridine rings is 1.